The van der Waals surface area contributed by atoms with Gasteiger partial charge < -0.3 is 14.2 Å². The first kappa shape index (κ1) is 45.5. The summed E-state index contributed by atoms with van der Waals surface area (Å²) < 4.78 is 38.9. The molecule has 3 aromatic heterocycles. The number of anilines is 1. The van der Waals surface area contributed by atoms with Gasteiger partial charge in [-0.15, -0.1) is 0 Å². The molecule has 0 unspecified atom stereocenters. The molecule has 1 N–H and O–H groups in total. The number of hydrogen-bond donors (Lipinski definition) is 1. The number of halogens is 2. The third-order valence-corrected chi connectivity index (χ3v) is 15.7. The Morgan fingerprint density at radius 2 is 1.73 bits per heavy atom. The number of pyridine rings is 1. The van der Waals surface area contributed by atoms with Crippen molar-refractivity contribution >= 4 is 86.2 Å². The van der Waals surface area contributed by atoms with Crippen molar-refractivity contribution in [2.24, 2.45) is 5.41 Å². The average Bonchev–Trinajstić information content (AvgIpc) is 3.85. The largest absolute Gasteiger partial charge is 0.369 e. The molecule has 1 aliphatic heterocycles. The highest BCUT2D eigenvalue weighted by atomic mass is 35.5. The van der Waals surface area contributed by atoms with Crippen molar-refractivity contribution in [3.8, 4) is 5.69 Å². The Morgan fingerprint density at radius 1 is 0.984 bits per heavy atom. The van der Waals surface area contributed by atoms with E-state index in [0.717, 1.165) is 98.0 Å². The fraction of sp³-hybridized carbons (Fsp3) is 0.370. The van der Waals surface area contributed by atoms with Gasteiger partial charge in [-0.3, -0.25) is 19.8 Å². The molecule has 0 radical (unpaired) electrons. The SMILES string of the molecule is CC1(C)CCC(CN2CCN(c3ccc(C(=O)NS(=O)(=O)c4ccc(Cl)c([N+](=O)[O-])c4)c(-n4ncc5nc6c(ccn6COCC[Si](C)(C)C)cc54)c3)CC2)=C(c2ccc(Cl)cc2)C1. The van der Waals surface area contributed by atoms with Gasteiger partial charge in [0.25, 0.3) is 21.6 Å². The molecule has 3 aromatic carbocycles. The van der Waals surface area contributed by atoms with Crippen molar-refractivity contribution < 1.29 is 22.9 Å². The molecule has 336 valence electrons. The van der Waals surface area contributed by atoms with Crippen molar-refractivity contribution in [1.82, 2.24) is 29.0 Å². The van der Waals surface area contributed by atoms with E-state index in [1.165, 1.54) is 16.7 Å². The van der Waals surface area contributed by atoms with E-state index in [9.17, 15) is 23.3 Å². The number of nitrogens with one attached hydrogen (secondary N) is 1. The van der Waals surface area contributed by atoms with Crippen LogP contribution >= 0.6 is 23.2 Å². The zero-order chi connectivity index (χ0) is 45.6. The van der Waals surface area contributed by atoms with Gasteiger partial charge in [0.1, 0.15) is 22.9 Å². The number of carbonyl (C=O) groups is 1. The van der Waals surface area contributed by atoms with E-state index in [1.807, 2.05) is 47.2 Å². The average molecular weight is 944 g/mol. The van der Waals surface area contributed by atoms with Gasteiger partial charge in [-0.05, 0) is 96.5 Å². The molecule has 1 fully saturated rings. The molecule has 1 aliphatic carbocycles. The second kappa shape index (κ2) is 18.1. The molecular formula is C46H52Cl2N8O6SSi. The number of nitrogens with zero attached hydrogens (tertiary/aromatic N) is 7. The van der Waals surface area contributed by atoms with Gasteiger partial charge in [0.05, 0.1) is 32.8 Å². The van der Waals surface area contributed by atoms with Crippen LogP contribution in [0.5, 0.6) is 0 Å². The Balaban J connectivity index is 1.09. The Bertz CT molecular complexity index is 2900. The van der Waals surface area contributed by atoms with Crippen molar-refractivity contribution in [3.05, 3.63) is 122 Å². The number of allylic oxidation sites excluding steroid dienone is 1. The number of benzene rings is 3. The molecule has 18 heteroatoms. The summed E-state index contributed by atoms with van der Waals surface area (Å²) in [5.41, 5.74) is 6.81. The molecule has 0 atom stereocenters. The minimum atomic E-state index is -4.57. The summed E-state index contributed by atoms with van der Waals surface area (Å²) >= 11 is 12.2. The summed E-state index contributed by atoms with van der Waals surface area (Å²) in [5.74, 6) is -0.941. The lowest BCUT2D eigenvalue weighted by Gasteiger charge is -2.39. The lowest BCUT2D eigenvalue weighted by Crippen LogP contribution is -2.47. The molecule has 2 aliphatic rings. The summed E-state index contributed by atoms with van der Waals surface area (Å²) in [7, 11) is -5.83. The van der Waals surface area contributed by atoms with Gasteiger partial charge >= 0.3 is 0 Å². The van der Waals surface area contributed by atoms with Crippen LogP contribution in [-0.2, 0) is 21.5 Å². The first-order valence-electron chi connectivity index (χ1n) is 21.4. The molecular weight excluding hydrogens is 892 g/mol. The molecule has 6 aromatic rings. The number of fused-ring (bicyclic) bond motifs is 2. The van der Waals surface area contributed by atoms with Crippen molar-refractivity contribution in [2.45, 2.75) is 70.4 Å². The van der Waals surface area contributed by atoms with Crippen LogP contribution in [-0.4, -0.2) is 90.9 Å². The van der Waals surface area contributed by atoms with Crippen LogP contribution in [0.1, 0.15) is 49.0 Å². The van der Waals surface area contributed by atoms with Gasteiger partial charge in [-0.25, -0.2) is 22.8 Å². The maximum atomic E-state index is 14.1. The zero-order valence-corrected chi connectivity index (χ0v) is 39.9. The van der Waals surface area contributed by atoms with Crippen LogP contribution in [0.3, 0.4) is 0 Å². The summed E-state index contributed by atoms with van der Waals surface area (Å²) in [6.45, 7) is 16.6. The number of ether oxygens (including phenoxy) is 1. The zero-order valence-electron chi connectivity index (χ0n) is 36.6. The predicted octanol–water partition coefficient (Wildman–Crippen LogP) is 9.81. The van der Waals surface area contributed by atoms with Gasteiger partial charge in [0.15, 0.2) is 0 Å². The standard InChI is InChI=1S/C46H52Cl2N8O6SSi/c1-46(2)16-14-33(38(27-46)31-6-8-34(47)9-7-31)29-52-18-20-53(21-19-52)35-10-12-37(45(57)51-63(60,61)36-11-13-39(48)42(26-36)56(58)59)41(25-35)55-43-24-32-15-17-54(30-62-22-23-64(3,4)5)44(32)50-40(43)28-49-55/h6-13,15,17,24-26,28H,14,16,18-23,27,29-30H2,1-5H3,(H,51,57). The maximum Gasteiger partial charge on any atom is 0.289 e. The van der Waals surface area contributed by atoms with Crippen LogP contribution in [0.15, 0.2) is 95.7 Å². The molecule has 0 saturated carbocycles. The van der Waals surface area contributed by atoms with E-state index in [2.05, 4.69) is 60.1 Å². The summed E-state index contributed by atoms with van der Waals surface area (Å²) in [4.78, 5) is 34.1. The number of nitro groups is 1. The summed E-state index contributed by atoms with van der Waals surface area (Å²) in [6, 6.07) is 21.4. The monoisotopic (exact) mass is 942 g/mol. The Labute approximate surface area is 384 Å². The highest BCUT2D eigenvalue weighted by molar-refractivity contribution is 7.90. The topological polar surface area (TPSA) is 158 Å². The number of rotatable bonds is 14. The van der Waals surface area contributed by atoms with E-state index in [-0.39, 0.29) is 16.0 Å². The van der Waals surface area contributed by atoms with E-state index in [0.29, 0.717) is 30.1 Å². The Kier molecular flexibility index (Phi) is 12.8. The number of amides is 1. The van der Waals surface area contributed by atoms with E-state index in [4.69, 9.17) is 38.0 Å². The van der Waals surface area contributed by atoms with Gasteiger partial charge in [0.2, 0.25) is 0 Å². The summed E-state index contributed by atoms with van der Waals surface area (Å²) in [5, 5.41) is 17.6. The van der Waals surface area contributed by atoms with Crippen molar-refractivity contribution in [2.75, 3.05) is 44.2 Å². The van der Waals surface area contributed by atoms with Crippen LogP contribution in [0.2, 0.25) is 35.7 Å². The lowest BCUT2D eigenvalue weighted by atomic mass is 9.72. The van der Waals surface area contributed by atoms with E-state index < -0.39 is 39.5 Å². The Hall–Kier alpha value is -5.10. The summed E-state index contributed by atoms with van der Waals surface area (Å²) in [6.07, 6.45) is 6.73. The second-order valence-corrected chi connectivity index (χ2v) is 26.8. The van der Waals surface area contributed by atoms with Crippen molar-refractivity contribution in [1.29, 1.82) is 0 Å². The van der Waals surface area contributed by atoms with E-state index >= 15 is 0 Å². The highest BCUT2D eigenvalue weighted by Gasteiger charge is 2.31. The minimum absolute atomic E-state index is 0.0229. The maximum absolute atomic E-state index is 14.1. The number of aromatic nitrogens is 4. The van der Waals surface area contributed by atoms with E-state index in [1.54, 1.807) is 16.9 Å². The number of piperazine rings is 1. The molecule has 8 rings (SSSR count). The first-order chi connectivity index (χ1) is 30.3. The molecule has 4 heterocycles. The molecule has 1 saturated heterocycles. The fourth-order valence-electron chi connectivity index (χ4n) is 8.41. The fourth-order valence-corrected chi connectivity index (χ4v) is 10.5. The number of sulfonamides is 1. The predicted molar refractivity (Wildman–Crippen MR) is 256 cm³/mol. The van der Waals surface area contributed by atoms with Gasteiger partial charge in [0, 0.05) is 75.8 Å². The number of nitro benzene ring substituents is 1. The molecule has 0 spiro atoms. The number of carbonyl (C=O) groups excluding carboxylic acids is 1. The number of hydrogen-bond acceptors (Lipinski definition) is 10. The smallest absolute Gasteiger partial charge is 0.289 e. The van der Waals surface area contributed by atoms with Crippen molar-refractivity contribution in [3.63, 3.8) is 0 Å². The molecule has 1 amide bonds. The first-order valence-corrected chi connectivity index (χ1v) is 27.3. The second-order valence-electron chi connectivity index (χ2n) is 18.7. The molecule has 64 heavy (non-hydrogen) atoms. The Morgan fingerprint density at radius 3 is 2.45 bits per heavy atom. The van der Waals surface area contributed by atoms with Crippen LogP contribution in [0, 0.1) is 15.5 Å². The molecule has 0 bridgehead atoms. The van der Waals surface area contributed by atoms with Crippen LogP contribution in [0.4, 0.5) is 11.4 Å². The van der Waals surface area contributed by atoms with Crippen LogP contribution < -0.4 is 9.62 Å². The van der Waals surface area contributed by atoms with Gasteiger partial charge in [-0.2, -0.15) is 5.10 Å². The third kappa shape index (κ3) is 10.1. The highest BCUT2D eigenvalue weighted by Crippen LogP contribution is 2.43. The van der Waals surface area contributed by atoms with Crippen LogP contribution in [0.25, 0.3) is 33.3 Å². The lowest BCUT2D eigenvalue weighted by molar-refractivity contribution is -0.384. The van der Waals surface area contributed by atoms with Gasteiger partial charge in [-0.1, -0.05) is 74.4 Å². The normalized spacial score (nSPS) is 16.2. The third-order valence-electron chi connectivity index (χ3n) is 12.1. The molecule has 14 nitrogen and oxygen atoms in total. The quantitative estimate of drug-likeness (QED) is 0.0483. The minimum Gasteiger partial charge on any atom is -0.369 e.